The third-order valence-corrected chi connectivity index (χ3v) is 4.71. The summed E-state index contributed by atoms with van der Waals surface area (Å²) in [5.41, 5.74) is 2.21. The normalized spacial score (nSPS) is 12.5. The molecule has 0 amide bonds. The van der Waals surface area contributed by atoms with Gasteiger partial charge in [-0.05, 0) is 58.1 Å². The molecule has 5 heteroatoms. The van der Waals surface area contributed by atoms with Crippen molar-refractivity contribution >= 4 is 56.2 Å². The fourth-order valence-electron chi connectivity index (χ4n) is 1.47. The largest absolute Gasteiger partial charge is 0.378 e. The number of rotatable bonds is 3. The Morgan fingerprint density at radius 1 is 1.29 bits per heavy atom. The molecule has 0 radical (unpaired) electrons. The second-order valence-electron chi connectivity index (χ2n) is 3.68. The molecule has 1 aromatic heterocycles. The molecule has 1 heterocycles. The van der Waals surface area contributed by atoms with Crippen LogP contribution >= 0.6 is 50.5 Å². The van der Waals surface area contributed by atoms with Gasteiger partial charge in [0, 0.05) is 16.2 Å². The van der Waals surface area contributed by atoms with Crippen LogP contribution in [-0.4, -0.2) is 0 Å². The van der Waals surface area contributed by atoms with Gasteiger partial charge in [0.15, 0.2) is 0 Å². The summed E-state index contributed by atoms with van der Waals surface area (Å²) in [5.74, 6) is 0. The molecule has 0 saturated carbocycles. The molecule has 2 rings (SSSR count). The van der Waals surface area contributed by atoms with Gasteiger partial charge in [0.05, 0.1) is 9.36 Å². The van der Waals surface area contributed by atoms with Crippen molar-refractivity contribution in [3.63, 3.8) is 0 Å². The predicted molar refractivity (Wildman–Crippen MR) is 80.5 cm³/mol. The number of benzene rings is 1. The van der Waals surface area contributed by atoms with Crippen molar-refractivity contribution in [2.75, 3.05) is 5.32 Å². The van der Waals surface area contributed by atoms with E-state index < -0.39 is 0 Å². The SMILES string of the molecule is CC(Nc1ccc(Cl)c(Br)c1)c1csc(Cl)c1. The summed E-state index contributed by atoms with van der Waals surface area (Å²) in [7, 11) is 0. The van der Waals surface area contributed by atoms with Crippen LogP contribution in [0.1, 0.15) is 18.5 Å². The number of anilines is 1. The van der Waals surface area contributed by atoms with Gasteiger partial charge in [-0.15, -0.1) is 11.3 Å². The van der Waals surface area contributed by atoms with E-state index in [0.717, 1.165) is 14.5 Å². The Kier molecular flexibility index (Phi) is 4.36. The Balaban J connectivity index is 2.12. The smallest absolute Gasteiger partial charge is 0.0931 e. The fraction of sp³-hybridized carbons (Fsp3) is 0.167. The molecule has 2 aromatic rings. The molecule has 0 aliphatic heterocycles. The minimum Gasteiger partial charge on any atom is -0.378 e. The van der Waals surface area contributed by atoms with E-state index in [-0.39, 0.29) is 6.04 Å². The molecule has 0 aliphatic rings. The minimum atomic E-state index is 0.215. The van der Waals surface area contributed by atoms with Crippen LogP contribution in [0, 0.1) is 0 Å². The van der Waals surface area contributed by atoms with Gasteiger partial charge in [-0.1, -0.05) is 23.2 Å². The summed E-state index contributed by atoms with van der Waals surface area (Å²) in [6.07, 6.45) is 0. The Morgan fingerprint density at radius 3 is 2.65 bits per heavy atom. The molecule has 1 N–H and O–H groups in total. The van der Waals surface area contributed by atoms with Gasteiger partial charge in [0.1, 0.15) is 0 Å². The molecule has 0 aliphatic carbocycles. The molecule has 90 valence electrons. The maximum absolute atomic E-state index is 5.95. The lowest BCUT2D eigenvalue weighted by Crippen LogP contribution is -2.05. The van der Waals surface area contributed by atoms with E-state index in [1.165, 1.54) is 5.56 Å². The first-order valence-corrected chi connectivity index (χ1v) is 7.44. The van der Waals surface area contributed by atoms with Crippen molar-refractivity contribution < 1.29 is 0 Å². The average Bonchev–Trinajstić information content (AvgIpc) is 2.70. The van der Waals surface area contributed by atoms with Crippen LogP contribution in [-0.2, 0) is 0 Å². The van der Waals surface area contributed by atoms with Crippen LogP contribution in [0.3, 0.4) is 0 Å². The zero-order valence-corrected chi connectivity index (χ0v) is 12.9. The lowest BCUT2D eigenvalue weighted by atomic mass is 10.1. The number of hydrogen-bond acceptors (Lipinski definition) is 2. The van der Waals surface area contributed by atoms with Crippen molar-refractivity contribution in [1.29, 1.82) is 0 Å². The van der Waals surface area contributed by atoms with Crippen LogP contribution in [0.4, 0.5) is 5.69 Å². The lowest BCUT2D eigenvalue weighted by Gasteiger charge is -2.14. The van der Waals surface area contributed by atoms with E-state index in [9.17, 15) is 0 Å². The first kappa shape index (κ1) is 13.2. The fourth-order valence-corrected chi connectivity index (χ4v) is 2.95. The Morgan fingerprint density at radius 2 is 2.06 bits per heavy atom. The molecule has 17 heavy (non-hydrogen) atoms. The number of thiophene rings is 1. The molecule has 1 aromatic carbocycles. The van der Waals surface area contributed by atoms with E-state index >= 15 is 0 Å². The average molecular weight is 351 g/mol. The summed E-state index contributed by atoms with van der Waals surface area (Å²) in [6.45, 7) is 2.10. The number of halogens is 3. The monoisotopic (exact) mass is 349 g/mol. The highest BCUT2D eigenvalue weighted by Gasteiger charge is 2.08. The summed E-state index contributed by atoms with van der Waals surface area (Å²) < 4.78 is 1.70. The van der Waals surface area contributed by atoms with Gasteiger partial charge in [-0.3, -0.25) is 0 Å². The summed E-state index contributed by atoms with van der Waals surface area (Å²) in [5, 5.41) is 6.17. The standard InChI is InChI=1S/C12H10BrCl2NS/c1-7(8-4-12(15)17-6-8)16-9-2-3-11(14)10(13)5-9/h2-7,16H,1H3. The third-order valence-electron chi connectivity index (χ3n) is 2.39. The first-order chi connectivity index (χ1) is 8.06. The molecule has 1 atom stereocenters. The van der Waals surface area contributed by atoms with E-state index in [4.69, 9.17) is 23.2 Å². The van der Waals surface area contributed by atoms with Gasteiger partial charge in [-0.25, -0.2) is 0 Å². The zero-order valence-electron chi connectivity index (χ0n) is 9.01. The van der Waals surface area contributed by atoms with E-state index in [0.29, 0.717) is 5.02 Å². The maximum Gasteiger partial charge on any atom is 0.0931 e. The minimum absolute atomic E-state index is 0.215. The van der Waals surface area contributed by atoms with Crippen molar-refractivity contribution in [3.05, 3.63) is 49.0 Å². The van der Waals surface area contributed by atoms with Gasteiger partial charge in [0.2, 0.25) is 0 Å². The predicted octanol–water partition coefficient (Wildman–Crippen LogP) is 5.99. The maximum atomic E-state index is 5.95. The number of nitrogens with one attached hydrogen (secondary N) is 1. The molecule has 0 spiro atoms. The van der Waals surface area contributed by atoms with Crippen molar-refractivity contribution in [2.24, 2.45) is 0 Å². The number of hydrogen-bond donors (Lipinski definition) is 1. The van der Waals surface area contributed by atoms with E-state index in [1.54, 1.807) is 11.3 Å². The zero-order chi connectivity index (χ0) is 12.4. The van der Waals surface area contributed by atoms with Gasteiger partial charge in [0.25, 0.3) is 0 Å². The molecule has 0 bridgehead atoms. The van der Waals surface area contributed by atoms with Crippen LogP contribution in [0.2, 0.25) is 9.36 Å². The highest BCUT2D eigenvalue weighted by Crippen LogP contribution is 2.30. The summed E-state index contributed by atoms with van der Waals surface area (Å²) in [6, 6.07) is 7.98. The second kappa shape index (κ2) is 5.61. The first-order valence-electron chi connectivity index (χ1n) is 5.02. The van der Waals surface area contributed by atoms with Crippen molar-refractivity contribution in [3.8, 4) is 0 Å². The second-order valence-corrected chi connectivity index (χ2v) is 6.48. The quantitative estimate of drug-likeness (QED) is 0.716. The molecular formula is C12H10BrCl2NS. The van der Waals surface area contributed by atoms with Gasteiger partial charge >= 0.3 is 0 Å². The van der Waals surface area contributed by atoms with Crippen molar-refractivity contribution in [2.45, 2.75) is 13.0 Å². The van der Waals surface area contributed by atoms with E-state index in [2.05, 4.69) is 33.6 Å². The Bertz CT molecular complexity index is 527. The molecule has 0 fully saturated rings. The van der Waals surface area contributed by atoms with Crippen LogP contribution in [0.5, 0.6) is 0 Å². The molecule has 0 saturated heterocycles. The van der Waals surface area contributed by atoms with Gasteiger partial charge < -0.3 is 5.32 Å². The van der Waals surface area contributed by atoms with Crippen LogP contribution in [0.15, 0.2) is 34.1 Å². The van der Waals surface area contributed by atoms with Crippen molar-refractivity contribution in [1.82, 2.24) is 0 Å². The van der Waals surface area contributed by atoms with Gasteiger partial charge in [-0.2, -0.15) is 0 Å². The summed E-state index contributed by atoms with van der Waals surface area (Å²) in [4.78, 5) is 0. The van der Waals surface area contributed by atoms with E-state index in [1.807, 2.05) is 24.3 Å². The Labute approximate surface area is 123 Å². The molecular weight excluding hydrogens is 341 g/mol. The highest BCUT2D eigenvalue weighted by atomic mass is 79.9. The summed E-state index contributed by atoms with van der Waals surface area (Å²) >= 11 is 16.8. The Hall–Kier alpha value is -0.220. The molecule has 1 unspecified atom stereocenters. The topological polar surface area (TPSA) is 12.0 Å². The highest BCUT2D eigenvalue weighted by molar-refractivity contribution is 9.10. The lowest BCUT2D eigenvalue weighted by molar-refractivity contribution is 0.890. The third kappa shape index (κ3) is 3.38. The van der Waals surface area contributed by atoms with Crippen LogP contribution < -0.4 is 5.32 Å². The van der Waals surface area contributed by atoms with Crippen LogP contribution in [0.25, 0.3) is 0 Å². The molecule has 1 nitrogen and oxygen atoms in total.